The Kier molecular flexibility index (Phi) is 4.14. The molecular weight excluding hydrogens is 283 g/mol. The molecule has 0 atom stereocenters. The van der Waals surface area contributed by atoms with Crippen LogP contribution < -0.4 is 5.32 Å². The van der Waals surface area contributed by atoms with Crippen LogP contribution in [-0.4, -0.2) is 36.3 Å². The summed E-state index contributed by atoms with van der Waals surface area (Å²) in [6.45, 7) is 2.05. The number of nitrogens with zero attached hydrogens (tertiary/aromatic N) is 1. The molecule has 118 valence electrons. The van der Waals surface area contributed by atoms with E-state index in [2.05, 4.69) is 5.32 Å². The molecule has 0 radical (unpaired) electrons. The van der Waals surface area contributed by atoms with Crippen molar-refractivity contribution in [2.45, 2.75) is 37.5 Å². The van der Waals surface area contributed by atoms with E-state index < -0.39 is 5.41 Å². The average Bonchev–Trinajstić information content (AvgIpc) is 3.14. The summed E-state index contributed by atoms with van der Waals surface area (Å²) in [6, 6.07) is 6.13. The van der Waals surface area contributed by atoms with Gasteiger partial charge in [0.05, 0.1) is 5.41 Å². The maximum Gasteiger partial charge on any atom is 0.230 e. The van der Waals surface area contributed by atoms with Gasteiger partial charge in [0.15, 0.2) is 0 Å². The Morgan fingerprint density at radius 3 is 2.36 bits per heavy atom. The normalized spacial score (nSPS) is 19.0. The molecule has 1 aromatic rings. The Balaban J connectivity index is 1.51. The van der Waals surface area contributed by atoms with Crippen molar-refractivity contribution in [3.63, 3.8) is 0 Å². The van der Waals surface area contributed by atoms with Crippen LogP contribution in [0.25, 0.3) is 0 Å². The highest BCUT2D eigenvalue weighted by Crippen LogP contribution is 2.48. The standard InChI is InChI=1S/C17H21FN2O2/c18-14-5-3-13(4-6-14)17(8-9-17)16(22)19-10-7-15(21)20-11-1-2-12-20/h3-6H,1-2,7-12H2,(H,19,22). The van der Waals surface area contributed by atoms with Gasteiger partial charge in [-0.05, 0) is 43.4 Å². The second-order valence-electron chi connectivity index (χ2n) is 6.18. The molecular formula is C17H21FN2O2. The Hall–Kier alpha value is -1.91. The van der Waals surface area contributed by atoms with Crippen molar-refractivity contribution in [2.24, 2.45) is 0 Å². The van der Waals surface area contributed by atoms with Gasteiger partial charge in [0.1, 0.15) is 5.82 Å². The lowest BCUT2D eigenvalue weighted by atomic mass is 9.95. The molecule has 1 heterocycles. The lowest BCUT2D eigenvalue weighted by molar-refractivity contribution is -0.130. The lowest BCUT2D eigenvalue weighted by Gasteiger charge is -2.18. The number of nitrogens with one attached hydrogen (secondary N) is 1. The molecule has 0 unspecified atom stereocenters. The second kappa shape index (κ2) is 6.07. The Bertz CT molecular complexity index is 561. The first-order valence-electron chi connectivity index (χ1n) is 7.94. The fourth-order valence-electron chi connectivity index (χ4n) is 3.12. The number of halogens is 1. The molecule has 1 aliphatic carbocycles. The summed E-state index contributed by atoms with van der Waals surface area (Å²) >= 11 is 0. The smallest absolute Gasteiger partial charge is 0.230 e. The van der Waals surface area contributed by atoms with Gasteiger partial charge in [-0.25, -0.2) is 4.39 Å². The maximum atomic E-state index is 13.0. The molecule has 0 bridgehead atoms. The predicted octanol–water partition coefficient (Wildman–Crippen LogP) is 1.99. The molecule has 1 saturated heterocycles. The van der Waals surface area contributed by atoms with Crippen LogP contribution in [0.3, 0.4) is 0 Å². The van der Waals surface area contributed by atoms with E-state index in [0.717, 1.165) is 44.3 Å². The van der Waals surface area contributed by atoms with Crippen molar-refractivity contribution in [3.05, 3.63) is 35.6 Å². The number of hydrogen-bond donors (Lipinski definition) is 1. The number of carbonyl (C=O) groups excluding carboxylic acids is 2. The average molecular weight is 304 g/mol. The zero-order valence-corrected chi connectivity index (χ0v) is 12.6. The van der Waals surface area contributed by atoms with E-state index in [1.54, 1.807) is 12.1 Å². The Morgan fingerprint density at radius 2 is 1.77 bits per heavy atom. The SMILES string of the molecule is O=C(CCNC(=O)C1(c2ccc(F)cc2)CC1)N1CCCC1. The molecule has 0 spiro atoms. The molecule has 1 N–H and O–H groups in total. The van der Waals surface area contributed by atoms with Crippen LogP contribution in [0.15, 0.2) is 24.3 Å². The van der Waals surface area contributed by atoms with Crippen molar-refractivity contribution in [1.82, 2.24) is 10.2 Å². The van der Waals surface area contributed by atoms with Crippen LogP contribution >= 0.6 is 0 Å². The highest BCUT2D eigenvalue weighted by Gasteiger charge is 2.51. The molecule has 2 fully saturated rings. The van der Waals surface area contributed by atoms with E-state index in [0.29, 0.717) is 13.0 Å². The molecule has 0 aromatic heterocycles. The molecule has 4 nitrogen and oxygen atoms in total. The monoisotopic (exact) mass is 304 g/mol. The number of benzene rings is 1. The first-order chi connectivity index (χ1) is 10.6. The van der Waals surface area contributed by atoms with E-state index in [1.165, 1.54) is 12.1 Å². The predicted molar refractivity (Wildman–Crippen MR) is 80.8 cm³/mol. The molecule has 2 amide bonds. The minimum Gasteiger partial charge on any atom is -0.355 e. The van der Waals surface area contributed by atoms with Gasteiger partial charge < -0.3 is 10.2 Å². The van der Waals surface area contributed by atoms with Crippen LogP contribution in [-0.2, 0) is 15.0 Å². The molecule has 22 heavy (non-hydrogen) atoms. The molecule has 2 aliphatic rings. The third-order valence-corrected chi connectivity index (χ3v) is 4.66. The van der Waals surface area contributed by atoms with Gasteiger partial charge in [0.2, 0.25) is 11.8 Å². The quantitative estimate of drug-likeness (QED) is 0.904. The molecule has 1 aromatic carbocycles. The lowest BCUT2D eigenvalue weighted by Crippen LogP contribution is -2.37. The van der Waals surface area contributed by atoms with Crippen LogP contribution in [0.2, 0.25) is 0 Å². The number of rotatable bonds is 5. The minimum atomic E-state index is -0.510. The van der Waals surface area contributed by atoms with Crippen LogP contribution in [0.5, 0.6) is 0 Å². The molecule has 3 rings (SSSR count). The van der Waals surface area contributed by atoms with Crippen LogP contribution in [0.1, 0.15) is 37.7 Å². The van der Waals surface area contributed by atoms with Crippen LogP contribution in [0, 0.1) is 5.82 Å². The zero-order valence-electron chi connectivity index (χ0n) is 12.6. The summed E-state index contributed by atoms with van der Waals surface area (Å²) in [5.74, 6) is -0.228. The molecule has 5 heteroatoms. The van der Waals surface area contributed by atoms with E-state index >= 15 is 0 Å². The summed E-state index contributed by atoms with van der Waals surface area (Å²) in [5.41, 5.74) is 0.349. The van der Waals surface area contributed by atoms with Gasteiger partial charge in [-0.1, -0.05) is 12.1 Å². The van der Waals surface area contributed by atoms with Crippen molar-refractivity contribution in [2.75, 3.05) is 19.6 Å². The highest BCUT2D eigenvalue weighted by molar-refractivity contribution is 5.91. The number of hydrogen-bond acceptors (Lipinski definition) is 2. The van der Waals surface area contributed by atoms with E-state index in [-0.39, 0.29) is 17.6 Å². The number of likely N-dealkylation sites (tertiary alicyclic amines) is 1. The van der Waals surface area contributed by atoms with Crippen molar-refractivity contribution >= 4 is 11.8 Å². The molecule has 1 aliphatic heterocycles. The zero-order chi connectivity index (χ0) is 15.6. The van der Waals surface area contributed by atoms with Gasteiger partial charge >= 0.3 is 0 Å². The summed E-state index contributed by atoms with van der Waals surface area (Å²) < 4.78 is 13.0. The number of amides is 2. The molecule has 1 saturated carbocycles. The Morgan fingerprint density at radius 1 is 1.14 bits per heavy atom. The highest BCUT2D eigenvalue weighted by atomic mass is 19.1. The van der Waals surface area contributed by atoms with Gasteiger partial charge in [0.25, 0.3) is 0 Å². The van der Waals surface area contributed by atoms with Crippen LogP contribution in [0.4, 0.5) is 4.39 Å². The van der Waals surface area contributed by atoms with Gasteiger partial charge in [-0.2, -0.15) is 0 Å². The van der Waals surface area contributed by atoms with Gasteiger partial charge in [-0.15, -0.1) is 0 Å². The third kappa shape index (κ3) is 2.98. The topological polar surface area (TPSA) is 49.4 Å². The Labute approximate surface area is 129 Å². The largest absolute Gasteiger partial charge is 0.355 e. The van der Waals surface area contributed by atoms with Crippen molar-refractivity contribution < 1.29 is 14.0 Å². The summed E-state index contributed by atoms with van der Waals surface area (Å²) in [6.07, 6.45) is 4.07. The summed E-state index contributed by atoms with van der Waals surface area (Å²) in [7, 11) is 0. The third-order valence-electron chi connectivity index (χ3n) is 4.66. The van der Waals surface area contributed by atoms with E-state index in [1.807, 2.05) is 4.90 Å². The summed E-state index contributed by atoms with van der Waals surface area (Å²) in [4.78, 5) is 26.2. The van der Waals surface area contributed by atoms with Crippen molar-refractivity contribution in [3.8, 4) is 0 Å². The first kappa shape index (κ1) is 15.0. The van der Waals surface area contributed by atoms with E-state index in [4.69, 9.17) is 0 Å². The maximum absolute atomic E-state index is 13.0. The summed E-state index contributed by atoms with van der Waals surface area (Å²) in [5, 5.41) is 2.87. The van der Waals surface area contributed by atoms with Crippen molar-refractivity contribution in [1.29, 1.82) is 0 Å². The van der Waals surface area contributed by atoms with Gasteiger partial charge in [-0.3, -0.25) is 9.59 Å². The van der Waals surface area contributed by atoms with E-state index in [9.17, 15) is 14.0 Å². The minimum absolute atomic E-state index is 0.0478. The fraction of sp³-hybridized carbons (Fsp3) is 0.529. The first-order valence-corrected chi connectivity index (χ1v) is 7.94. The van der Waals surface area contributed by atoms with Gasteiger partial charge in [0, 0.05) is 26.1 Å². The second-order valence-corrected chi connectivity index (χ2v) is 6.18. The number of carbonyl (C=O) groups is 2. The fourth-order valence-corrected chi connectivity index (χ4v) is 3.12.